The Kier molecular flexibility index (Phi) is 5.77. The molecule has 156 valence electrons. The average Bonchev–Trinajstić information content (AvgIpc) is 3.44. The van der Waals surface area contributed by atoms with E-state index < -0.39 is 11.0 Å². The molecule has 5 rings (SSSR count). The average molecular weight is 414 g/mol. The van der Waals surface area contributed by atoms with E-state index in [1.165, 1.54) is 15.7 Å². The van der Waals surface area contributed by atoms with Gasteiger partial charge in [0.05, 0.1) is 11.0 Å². The van der Waals surface area contributed by atoms with Crippen molar-refractivity contribution in [1.82, 2.24) is 9.13 Å². The van der Waals surface area contributed by atoms with Gasteiger partial charge in [-0.2, -0.15) is 5.10 Å². The molecule has 2 aromatic carbocycles. The summed E-state index contributed by atoms with van der Waals surface area (Å²) in [4.78, 5) is 25.4. The van der Waals surface area contributed by atoms with E-state index in [2.05, 4.69) is 29.4 Å². The fourth-order valence-electron chi connectivity index (χ4n) is 3.51. The summed E-state index contributed by atoms with van der Waals surface area (Å²) in [5, 5.41) is 12.7. The summed E-state index contributed by atoms with van der Waals surface area (Å²) in [5.41, 5.74) is 3.06. The second-order valence-corrected chi connectivity index (χ2v) is 7.06. The standard InChI is InChI=1S/C18H18N4O3.C6H4/c19-20-17-16(24)18(25)21(11-6-12-23)14-9-4-5-10-15(14)22(17)13-7-2-1-3-8-13;1-2-5-4-6(5)3-1/h1-5,7-10,23H,6,11-12,19H2;1-4H. The van der Waals surface area contributed by atoms with Crippen molar-refractivity contribution in [3.05, 3.63) is 105 Å². The lowest BCUT2D eigenvalue weighted by Crippen LogP contribution is -2.44. The number of para-hydroxylation sites is 3. The molecule has 7 nitrogen and oxygen atoms in total. The second kappa shape index (κ2) is 8.81. The Labute approximate surface area is 178 Å². The van der Waals surface area contributed by atoms with Gasteiger partial charge in [0.25, 0.3) is 5.43 Å². The summed E-state index contributed by atoms with van der Waals surface area (Å²) >= 11 is 0. The number of nitrogens with zero attached hydrogens (tertiary/aromatic N) is 3. The van der Waals surface area contributed by atoms with E-state index in [1.807, 2.05) is 36.4 Å². The van der Waals surface area contributed by atoms with Gasteiger partial charge in [-0.1, -0.05) is 48.5 Å². The van der Waals surface area contributed by atoms with Crippen molar-refractivity contribution in [2.75, 3.05) is 6.61 Å². The van der Waals surface area contributed by atoms with Gasteiger partial charge in [0, 0.05) is 18.8 Å². The van der Waals surface area contributed by atoms with Crippen LogP contribution in [-0.2, 0) is 6.54 Å². The normalized spacial score (nSPS) is 11.7. The monoisotopic (exact) mass is 414 g/mol. The Bertz CT molecular complexity index is 1410. The molecule has 0 spiro atoms. The van der Waals surface area contributed by atoms with Crippen LogP contribution in [0.25, 0.3) is 27.8 Å². The first-order chi connectivity index (χ1) is 15.2. The molecule has 0 fully saturated rings. The Morgan fingerprint density at radius 2 is 1.48 bits per heavy atom. The number of aryl methyl sites for hydroxylation is 1. The third kappa shape index (κ3) is 4.04. The maximum Gasteiger partial charge on any atom is 0.302 e. The fraction of sp³-hybridized carbons (Fsp3) is 0.125. The van der Waals surface area contributed by atoms with Crippen LogP contribution in [0.3, 0.4) is 0 Å². The number of aromatic nitrogens is 2. The first kappa shape index (κ1) is 20.3. The minimum absolute atomic E-state index is 0.0830. The Morgan fingerprint density at radius 3 is 2.03 bits per heavy atom. The molecule has 3 aromatic rings. The van der Waals surface area contributed by atoms with Crippen LogP contribution in [0.2, 0.25) is 0 Å². The Balaban J connectivity index is 0.000000325. The van der Waals surface area contributed by atoms with Crippen LogP contribution in [0.1, 0.15) is 6.42 Å². The summed E-state index contributed by atoms with van der Waals surface area (Å²) in [6, 6.07) is 24.8. The lowest BCUT2D eigenvalue weighted by atomic mass is 10.2. The maximum atomic E-state index is 12.7. The zero-order chi connectivity index (χ0) is 21.8. The highest BCUT2D eigenvalue weighted by Crippen LogP contribution is 2.32. The molecule has 0 radical (unpaired) electrons. The molecule has 2 aliphatic rings. The molecule has 0 saturated carbocycles. The molecular formula is C24H22N4O3. The number of aliphatic hydroxyl groups excluding tert-OH is 1. The van der Waals surface area contributed by atoms with Gasteiger partial charge in [-0.3, -0.25) is 14.2 Å². The summed E-state index contributed by atoms with van der Waals surface area (Å²) in [5.74, 6) is 5.47. The Morgan fingerprint density at radius 1 is 0.839 bits per heavy atom. The zero-order valence-corrected chi connectivity index (χ0v) is 16.8. The number of benzene rings is 3. The van der Waals surface area contributed by atoms with Gasteiger partial charge in [0.15, 0.2) is 0 Å². The molecule has 1 heterocycles. The minimum atomic E-state index is -0.791. The van der Waals surface area contributed by atoms with Crippen LogP contribution in [0, 0.1) is 0 Å². The van der Waals surface area contributed by atoms with E-state index in [9.17, 15) is 9.59 Å². The molecule has 0 aliphatic heterocycles. The molecule has 2 aliphatic carbocycles. The first-order valence-corrected chi connectivity index (χ1v) is 9.95. The smallest absolute Gasteiger partial charge is 0.302 e. The van der Waals surface area contributed by atoms with E-state index in [0.717, 1.165) is 0 Å². The van der Waals surface area contributed by atoms with Crippen molar-refractivity contribution in [1.29, 1.82) is 0 Å². The molecular weight excluding hydrogens is 392 g/mol. The van der Waals surface area contributed by atoms with Gasteiger partial charge in [-0.15, -0.1) is 0 Å². The van der Waals surface area contributed by atoms with Crippen molar-refractivity contribution < 1.29 is 5.11 Å². The lowest BCUT2D eigenvalue weighted by molar-refractivity contribution is 0.280. The number of rotatable bonds is 4. The van der Waals surface area contributed by atoms with Gasteiger partial charge in [0.2, 0.25) is 5.49 Å². The maximum absolute atomic E-state index is 12.7. The van der Waals surface area contributed by atoms with Crippen LogP contribution < -0.4 is 22.3 Å². The predicted octanol–water partition coefficient (Wildman–Crippen LogP) is 1.98. The first-order valence-electron chi connectivity index (χ1n) is 9.95. The predicted molar refractivity (Wildman–Crippen MR) is 121 cm³/mol. The van der Waals surface area contributed by atoms with Gasteiger partial charge in [-0.25, -0.2) is 0 Å². The van der Waals surface area contributed by atoms with Crippen LogP contribution in [0.15, 0.2) is 93.6 Å². The highest BCUT2D eigenvalue weighted by molar-refractivity contribution is 5.80. The topological polar surface area (TPSA) is 103 Å². The summed E-state index contributed by atoms with van der Waals surface area (Å²) in [6.07, 6.45) is 0.355. The number of aliphatic hydroxyl groups is 1. The molecule has 7 heteroatoms. The summed E-state index contributed by atoms with van der Waals surface area (Å²) in [6.45, 7) is 0.138. The molecule has 3 N–H and O–H groups in total. The third-order valence-corrected chi connectivity index (χ3v) is 5.06. The fourth-order valence-corrected chi connectivity index (χ4v) is 3.51. The number of hydrogen-bond donors (Lipinski definition) is 2. The van der Waals surface area contributed by atoms with Crippen molar-refractivity contribution in [2.45, 2.75) is 13.0 Å². The number of hydrogen-bond acceptors (Lipinski definition) is 5. The van der Waals surface area contributed by atoms with Crippen molar-refractivity contribution >= 4 is 11.0 Å². The summed E-state index contributed by atoms with van der Waals surface area (Å²) < 4.78 is 2.94. The van der Waals surface area contributed by atoms with E-state index in [4.69, 9.17) is 10.9 Å². The minimum Gasteiger partial charge on any atom is -0.396 e. The Hall–Kier alpha value is -3.97. The zero-order valence-electron chi connectivity index (χ0n) is 16.8. The SMILES string of the molecule is NN=c1c(=O)c(=O)n(CCCO)c2ccccc2n1-c1ccccc1.c1cc2cc-2c1. The van der Waals surface area contributed by atoms with Gasteiger partial charge >= 0.3 is 5.56 Å². The number of nitrogens with two attached hydrogens (primary N) is 1. The van der Waals surface area contributed by atoms with E-state index in [-0.39, 0.29) is 18.6 Å². The third-order valence-electron chi connectivity index (χ3n) is 5.06. The van der Waals surface area contributed by atoms with E-state index in [0.29, 0.717) is 23.1 Å². The highest BCUT2D eigenvalue weighted by atomic mass is 16.3. The quantitative estimate of drug-likeness (QED) is 0.267. The van der Waals surface area contributed by atoms with Crippen LogP contribution in [-0.4, -0.2) is 20.8 Å². The molecule has 31 heavy (non-hydrogen) atoms. The van der Waals surface area contributed by atoms with Crippen molar-refractivity contribution in [3.8, 4) is 16.8 Å². The highest BCUT2D eigenvalue weighted by Gasteiger charge is 2.13. The molecule has 0 unspecified atom stereocenters. The van der Waals surface area contributed by atoms with Crippen LogP contribution in [0.5, 0.6) is 0 Å². The van der Waals surface area contributed by atoms with Gasteiger partial charge < -0.3 is 15.5 Å². The van der Waals surface area contributed by atoms with E-state index in [1.54, 1.807) is 22.8 Å². The van der Waals surface area contributed by atoms with Gasteiger partial charge in [0.1, 0.15) is 0 Å². The molecule has 0 saturated heterocycles. The van der Waals surface area contributed by atoms with E-state index >= 15 is 0 Å². The lowest BCUT2D eigenvalue weighted by Gasteiger charge is -2.10. The number of fused-ring (bicyclic) bond motifs is 2. The summed E-state index contributed by atoms with van der Waals surface area (Å²) in [7, 11) is 0. The molecule has 0 atom stereocenters. The largest absolute Gasteiger partial charge is 0.396 e. The van der Waals surface area contributed by atoms with Crippen LogP contribution >= 0.6 is 0 Å². The van der Waals surface area contributed by atoms with Crippen molar-refractivity contribution in [3.63, 3.8) is 0 Å². The van der Waals surface area contributed by atoms with Crippen LogP contribution in [0.4, 0.5) is 0 Å². The molecule has 0 amide bonds. The molecule has 1 aromatic heterocycles. The molecule has 0 bridgehead atoms. The van der Waals surface area contributed by atoms with Crippen molar-refractivity contribution in [2.24, 2.45) is 10.9 Å². The second-order valence-electron chi connectivity index (χ2n) is 7.06. The van der Waals surface area contributed by atoms with Gasteiger partial charge in [-0.05, 0) is 47.9 Å².